The molecule has 134 valence electrons. The Bertz CT molecular complexity index is 515. The number of amides is 1. The fourth-order valence-electron chi connectivity index (χ4n) is 2.78. The minimum absolute atomic E-state index is 0. The lowest BCUT2D eigenvalue weighted by Gasteiger charge is -2.22. The molecule has 24 heavy (non-hydrogen) atoms. The molecule has 0 aliphatic carbocycles. The molecule has 1 aliphatic heterocycles. The normalized spacial score (nSPS) is 14.2. The van der Waals surface area contributed by atoms with Crippen LogP contribution < -0.4 is 5.32 Å². The lowest BCUT2D eigenvalue weighted by Crippen LogP contribution is -2.38. The van der Waals surface area contributed by atoms with Crippen molar-refractivity contribution < 1.29 is 4.79 Å². The summed E-state index contributed by atoms with van der Waals surface area (Å²) < 4.78 is 0. The van der Waals surface area contributed by atoms with Crippen LogP contribution in [0, 0.1) is 0 Å². The Morgan fingerprint density at radius 3 is 2.54 bits per heavy atom. The van der Waals surface area contributed by atoms with Gasteiger partial charge in [-0.25, -0.2) is 0 Å². The predicted molar refractivity (Wildman–Crippen MR) is 110 cm³/mol. The van der Waals surface area contributed by atoms with E-state index in [1.165, 1.54) is 5.56 Å². The summed E-state index contributed by atoms with van der Waals surface area (Å²) in [5, 5.41) is 3.30. The minimum atomic E-state index is 0. The summed E-state index contributed by atoms with van der Waals surface area (Å²) in [6.45, 7) is 6.04. The average molecular weight is 444 g/mol. The van der Waals surface area contributed by atoms with E-state index in [2.05, 4.69) is 34.3 Å². The number of guanidine groups is 1. The molecule has 0 radical (unpaired) electrons. The fraction of sp³-hybridized carbons (Fsp3) is 0.556. The van der Waals surface area contributed by atoms with Crippen molar-refractivity contribution in [1.29, 1.82) is 0 Å². The van der Waals surface area contributed by atoms with Gasteiger partial charge in [0.1, 0.15) is 0 Å². The second kappa shape index (κ2) is 11.3. The molecule has 0 aromatic heterocycles. The van der Waals surface area contributed by atoms with E-state index in [9.17, 15) is 4.79 Å². The highest BCUT2D eigenvalue weighted by atomic mass is 127. The van der Waals surface area contributed by atoms with E-state index in [1.54, 1.807) is 0 Å². The first-order chi connectivity index (χ1) is 11.2. The second-order valence-corrected chi connectivity index (χ2v) is 5.92. The van der Waals surface area contributed by atoms with Gasteiger partial charge in [-0.2, -0.15) is 0 Å². The molecule has 0 bridgehead atoms. The predicted octanol–water partition coefficient (Wildman–Crippen LogP) is 2.71. The van der Waals surface area contributed by atoms with Gasteiger partial charge in [0.2, 0.25) is 5.91 Å². The molecule has 6 heteroatoms. The number of rotatable bonds is 6. The summed E-state index contributed by atoms with van der Waals surface area (Å²) >= 11 is 0. The molecule has 0 saturated carbocycles. The van der Waals surface area contributed by atoms with Crippen molar-refractivity contribution in [3.8, 4) is 0 Å². The molecule has 1 heterocycles. The SMILES string of the molecule is CCNC(=NCCC(=O)N1CCCC1)N(C)Cc1ccccc1.I. The van der Waals surface area contributed by atoms with Crippen LogP contribution in [-0.4, -0.2) is 54.9 Å². The maximum absolute atomic E-state index is 12.1. The third-order valence-electron chi connectivity index (χ3n) is 4.01. The highest BCUT2D eigenvalue weighted by molar-refractivity contribution is 14.0. The smallest absolute Gasteiger partial charge is 0.224 e. The van der Waals surface area contributed by atoms with Gasteiger partial charge >= 0.3 is 0 Å². The van der Waals surface area contributed by atoms with Crippen LogP contribution >= 0.6 is 24.0 Å². The number of hydrogen-bond donors (Lipinski definition) is 1. The van der Waals surface area contributed by atoms with Crippen molar-refractivity contribution in [2.24, 2.45) is 4.99 Å². The molecular formula is C18H29IN4O. The first kappa shape index (κ1) is 20.7. The Kier molecular flexibility index (Phi) is 9.75. The zero-order valence-electron chi connectivity index (χ0n) is 14.7. The molecule has 5 nitrogen and oxygen atoms in total. The van der Waals surface area contributed by atoms with Crippen molar-refractivity contribution in [1.82, 2.24) is 15.1 Å². The topological polar surface area (TPSA) is 47.9 Å². The van der Waals surface area contributed by atoms with E-state index in [-0.39, 0.29) is 29.9 Å². The van der Waals surface area contributed by atoms with Crippen LogP contribution in [0.4, 0.5) is 0 Å². The zero-order valence-corrected chi connectivity index (χ0v) is 17.0. The van der Waals surface area contributed by atoms with Crippen LogP contribution in [0.15, 0.2) is 35.3 Å². The standard InChI is InChI=1S/C18H28N4O.HI/c1-3-19-18(21(2)15-16-9-5-4-6-10-16)20-12-11-17(23)22-13-7-8-14-22;/h4-6,9-10H,3,7-8,11-15H2,1-2H3,(H,19,20);1H. The summed E-state index contributed by atoms with van der Waals surface area (Å²) in [7, 11) is 2.02. The molecule has 0 spiro atoms. The Hall–Kier alpha value is -1.31. The number of hydrogen-bond acceptors (Lipinski definition) is 2. The summed E-state index contributed by atoms with van der Waals surface area (Å²) in [6.07, 6.45) is 2.77. The highest BCUT2D eigenvalue weighted by Gasteiger charge is 2.17. The number of halogens is 1. The van der Waals surface area contributed by atoms with Crippen molar-refractivity contribution in [2.45, 2.75) is 32.7 Å². The van der Waals surface area contributed by atoms with Gasteiger partial charge < -0.3 is 15.1 Å². The van der Waals surface area contributed by atoms with Crippen molar-refractivity contribution in [2.75, 3.05) is 33.2 Å². The Morgan fingerprint density at radius 1 is 1.25 bits per heavy atom. The van der Waals surface area contributed by atoms with Crippen molar-refractivity contribution >= 4 is 35.8 Å². The maximum Gasteiger partial charge on any atom is 0.224 e. The third-order valence-corrected chi connectivity index (χ3v) is 4.01. The van der Waals surface area contributed by atoms with Crippen molar-refractivity contribution in [3.63, 3.8) is 0 Å². The Balaban J connectivity index is 0.00000288. The molecule has 1 aliphatic rings. The molecular weight excluding hydrogens is 415 g/mol. The largest absolute Gasteiger partial charge is 0.357 e. The van der Waals surface area contributed by atoms with E-state index >= 15 is 0 Å². The first-order valence-electron chi connectivity index (χ1n) is 8.52. The monoisotopic (exact) mass is 444 g/mol. The van der Waals surface area contributed by atoms with E-state index in [1.807, 2.05) is 30.1 Å². The van der Waals surface area contributed by atoms with Crippen LogP contribution in [0.2, 0.25) is 0 Å². The molecule has 2 rings (SSSR count). The van der Waals surface area contributed by atoms with Gasteiger partial charge in [-0.15, -0.1) is 24.0 Å². The lowest BCUT2D eigenvalue weighted by molar-refractivity contribution is -0.129. The van der Waals surface area contributed by atoms with E-state index in [0.717, 1.165) is 45.0 Å². The van der Waals surface area contributed by atoms with Crippen LogP contribution in [0.1, 0.15) is 31.7 Å². The summed E-state index contributed by atoms with van der Waals surface area (Å²) in [5.74, 6) is 1.08. The van der Waals surface area contributed by atoms with Crippen LogP contribution in [-0.2, 0) is 11.3 Å². The summed E-state index contributed by atoms with van der Waals surface area (Å²) in [6, 6.07) is 10.3. The summed E-state index contributed by atoms with van der Waals surface area (Å²) in [5.41, 5.74) is 1.24. The number of nitrogens with one attached hydrogen (secondary N) is 1. The quantitative estimate of drug-likeness (QED) is 0.417. The highest BCUT2D eigenvalue weighted by Crippen LogP contribution is 2.09. The fourth-order valence-corrected chi connectivity index (χ4v) is 2.78. The molecule has 0 unspecified atom stereocenters. The van der Waals surface area contributed by atoms with E-state index in [4.69, 9.17) is 0 Å². The van der Waals surface area contributed by atoms with Crippen molar-refractivity contribution in [3.05, 3.63) is 35.9 Å². The Labute approximate surface area is 162 Å². The van der Waals surface area contributed by atoms with E-state index < -0.39 is 0 Å². The number of carbonyl (C=O) groups excluding carboxylic acids is 1. The van der Waals surface area contributed by atoms with Gasteiger partial charge in [0.05, 0.1) is 6.54 Å². The summed E-state index contributed by atoms with van der Waals surface area (Å²) in [4.78, 5) is 20.7. The number of likely N-dealkylation sites (tertiary alicyclic amines) is 1. The maximum atomic E-state index is 12.1. The molecule has 1 aromatic rings. The minimum Gasteiger partial charge on any atom is -0.357 e. The third kappa shape index (κ3) is 6.67. The van der Waals surface area contributed by atoms with Gasteiger partial charge in [-0.05, 0) is 25.3 Å². The number of carbonyl (C=O) groups is 1. The van der Waals surface area contributed by atoms with Gasteiger partial charge in [-0.1, -0.05) is 30.3 Å². The van der Waals surface area contributed by atoms with E-state index in [0.29, 0.717) is 13.0 Å². The Morgan fingerprint density at radius 2 is 1.92 bits per heavy atom. The van der Waals surface area contributed by atoms with Gasteiger partial charge in [0.15, 0.2) is 5.96 Å². The molecule has 1 N–H and O–H groups in total. The second-order valence-electron chi connectivity index (χ2n) is 5.92. The first-order valence-corrected chi connectivity index (χ1v) is 8.52. The van der Waals surface area contributed by atoms with Gasteiger partial charge in [0.25, 0.3) is 0 Å². The number of aliphatic imine (C=N–C) groups is 1. The molecule has 1 amide bonds. The number of benzene rings is 1. The van der Waals surface area contributed by atoms with Crippen LogP contribution in [0.5, 0.6) is 0 Å². The molecule has 1 aromatic carbocycles. The average Bonchev–Trinajstić information content (AvgIpc) is 3.09. The molecule has 0 atom stereocenters. The molecule has 1 fully saturated rings. The van der Waals surface area contributed by atoms with Gasteiger partial charge in [0, 0.05) is 39.6 Å². The van der Waals surface area contributed by atoms with Crippen LogP contribution in [0.3, 0.4) is 0 Å². The van der Waals surface area contributed by atoms with Crippen LogP contribution in [0.25, 0.3) is 0 Å². The number of nitrogens with zero attached hydrogens (tertiary/aromatic N) is 3. The van der Waals surface area contributed by atoms with Gasteiger partial charge in [-0.3, -0.25) is 9.79 Å². The zero-order chi connectivity index (χ0) is 16.5. The lowest BCUT2D eigenvalue weighted by atomic mass is 10.2. The molecule has 1 saturated heterocycles.